The summed E-state index contributed by atoms with van der Waals surface area (Å²) in [4.78, 5) is 16.3. The van der Waals surface area contributed by atoms with E-state index in [1.54, 1.807) is 0 Å². The molecule has 2 unspecified atom stereocenters. The Labute approximate surface area is 122 Å². The molecular weight excluding hydrogens is 270 g/mol. The maximum Gasteiger partial charge on any atom is 0.323 e. The molecule has 21 heavy (non-hydrogen) atoms. The Morgan fingerprint density at radius 3 is 2.90 bits per heavy atom. The van der Waals surface area contributed by atoms with Gasteiger partial charge in [0.05, 0.1) is 0 Å². The number of hydrogen-bond acceptors (Lipinski definition) is 7. The maximum atomic E-state index is 5.97. The van der Waals surface area contributed by atoms with Crippen LogP contribution < -0.4 is 10.5 Å². The first-order valence-electron chi connectivity index (χ1n) is 7.29. The van der Waals surface area contributed by atoms with Gasteiger partial charge in [-0.3, -0.25) is 0 Å². The SMILES string of the molecule is CCC1CCCCC1Oc1nc(N)nc(-n2cncn2)n1. The Morgan fingerprint density at radius 2 is 2.14 bits per heavy atom. The zero-order valence-corrected chi connectivity index (χ0v) is 12.0. The number of nitrogens with zero attached hydrogens (tertiary/aromatic N) is 6. The Kier molecular flexibility index (Phi) is 3.94. The average molecular weight is 289 g/mol. The molecule has 2 N–H and O–H groups in total. The van der Waals surface area contributed by atoms with Gasteiger partial charge < -0.3 is 10.5 Å². The molecule has 0 spiro atoms. The normalized spacial score (nSPS) is 22.1. The second-order valence-corrected chi connectivity index (χ2v) is 5.23. The number of rotatable bonds is 4. The van der Waals surface area contributed by atoms with Crippen molar-refractivity contribution in [2.24, 2.45) is 5.92 Å². The summed E-state index contributed by atoms with van der Waals surface area (Å²) < 4.78 is 7.41. The third-order valence-corrected chi connectivity index (χ3v) is 3.86. The maximum absolute atomic E-state index is 5.97. The molecule has 1 fully saturated rings. The van der Waals surface area contributed by atoms with Crippen molar-refractivity contribution in [3.05, 3.63) is 12.7 Å². The molecule has 2 heterocycles. The van der Waals surface area contributed by atoms with Gasteiger partial charge in [-0.05, 0) is 31.6 Å². The molecule has 112 valence electrons. The largest absolute Gasteiger partial charge is 0.460 e. The van der Waals surface area contributed by atoms with Crippen LogP contribution in [0.25, 0.3) is 5.95 Å². The van der Waals surface area contributed by atoms with Gasteiger partial charge in [-0.25, -0.2) is 4.98 Å². The molecule has 8 nitrogen and oxygen atoms in total. The predicted molar refractivity (Wildman–Crippen MR) is 75.8 cm³/mol. The highest BCUT2D eigenvalue weighted by atomic mass is 16.5. The highest BCUT2D eigenvalue weighted by Gasteiger charge is 2.26. The van der Waals surface area contributed by atoms with Crippen LogP contribution in [0.15, 0.2) is 12.7 Å². The van der Waals surface area contributed by atoms with Gasteiger partial charge in [0.15, 0.2) is 0 Å². The fraction of sp³-hybridized carbons (Fsp3) is 0.615. The van der Waals surface area contributed by atoms with Gasteiger partial charge in [-0.1, -0.05) is 13.3 Å². The molecule has 0 aromatic carbocycles. The number of anilines is 1. The standard InChI is InChI=1S/C13H19N7O/c1-2-9-5-3-4-6-10(9)21-13-18-11(14)17-12(19-13)20-8-15-7-16-20/h7-10H,2-6H2,1H3,(H2,14,17,18,19). The second-order valence-electron chi connectivity index (χ2n) is 5.23. The van der Waals surface area contributed by atoms with Crippen LogP contribution in [-0.4, -0.2) is 35.8 Å². The first-order chi connectivity index (χ1) is 10.3. The van der Waals surface area contributed by atoms with E-state index in [0.29, 0.717) is 11.9 Å². The molecule has 1 aliphatic carbocycles. The van der Waals surface area contributed by atoms with Gasteiger partial charge in [-0.2, -0.15) is 24.7 Å². The van der Waals surface area contributed by atoms with Gasteiger partial charge in [0.1, 0.15) is 18.8 Å². The molecule has 8 heteroatoms. The molecule has 0 aliphatic heterocycles. The molecule has 0 bridgehead atoms. The lowest BCUT2D eigenvalue weighted by atomic mass is 9.85. The summed E-state index contributed by atoms with van der Waals surface area (Å²) in [6, 6.07) is 0.262. The van der Waals surface area contributed by atoms with Crippen LogP contribution in [0.3, 0.4) is 0 Å². The van der Waals surface area contributed by atoms with Crippen molar-refractivity contribution in [2.75, 3.05) is 5.73 Å². The van der Waals surface area contributed by atoms with Gasteiger partial charge in [-0.15, -0.1) is 0 Å². The number of ether oxygens (including phenoxy) is 1. The lowest BCUT2D eigenvalue weighted by Gasteiger charge is -2.30. The number of nitrogen functional groups attached to an aromatic ring is 1. The van der Waals surface area contributed by atoms with Crippen LogP contribution in [0.1, 0.15) is 39.0 Å². The molecule has 2 aromatic heterocycles. The number of nitrogens with two attached hydrogens (primary N) is 1. The number of hydrogen-bond donors (Lipinski definition) is 1. The molecule has 1 saturated carbocycles. The number of aromatic nitrogens is 6. The molecule has 2 aromatic rings. The van der Waals surface area contributed by atoms with Gasteiger partial charge in [0.25, 0.3) is 5.95 Å². The van der Waals surface area contributed by atoms with Crippen LogP contribution in [0, 0.1) is 5.92 Å². The second kappa shape index (κ2) is 6.02. The Balaban J connectivity index is 1.82. The zero-order chi connectivity index (χ0) is 14.7. The summed E-state index contributed by atoms with van der Waals surface area (Å²) >= 11 is 0. The summed E-state index contributed by atoms with van der Waals surface area (Å²) in [5, 5.41) is 3.99. The molecule has 2 atom stereocenters. The molecule has 0 amide bonds. The van der Waals surface area contributed by atoms with E-state index in [4.69, 9.17) is 10.5 Å². The summed E-state index contributed by atoms with van der Waals surface area (Å²) in [7, 11) is 0. The van der Waals surface area contributed by atoms with Crippen LogP contribution in [0.4, 0.5) is 5.95 Å². The molecule has 3 rings (SSSR count). The third-order valence-electron chi connectivity index (χ3n) is 3.86. The minimum atomic E-state index is 0.120. The van der Waals surface area contributed by atoms with E-state index in [1.807, 2.05) is 0 Å². The Bertz CT molecular complexity index is 586. The highest BCUT2D eigenvalue weighted by molar-refractivity contribution is 5.24. The summed E-state index contributed by atoms with van der Waals surface area (Å²) in [5.74, 6) is 0.986. The lowest BCUT2D eigenvalue weighted by molar-refractivity contribution is 0.0808. The monoisotopic (exact) mass is 289 g/mol. The fourth-order valence-electron chi connectivity index (χ4n) is 2.76. The van der Waals surface area contributed by atoms with Crippen molar-refractivity contribution in [1.82, 2.24) is 29.7 Å². The minimum absolute atomic E-state index is 0.120. The van der Waals surface area contributed by atoms with E-state index < -0.39 is 0 Å². The zero-order valence-electron chi connectivity index (χ0n) is 12.0. The van der Waals surface area contributed by atoms with Gasteiger partial charge in [0, 0.05) is 0 Å². The van der Waals surface area contributed by atoms with Crippen molar-refractivity contribution in [2.45, 2.75) is 45.1 Å². The topological polar surface area (TPSA) is 105 Å². The quantitative estimate of drug-likeness (QED) is 0.906. The van der Waals surface area contributed by atoms with Crippen LogP contribution in [0.2, 0.25) is 0 Å². The molecule has 0 radical (unpaired) electrons. The first kappa shape index (κ1) is 13.7. The van der Waals surface area contributed by atoms with E-state index in [0.717, 1.165) is 12.8 Å². The fourth-order valence-corrected chi connectivity index (χ4v) is 2.76. The average Bonchev–Trinajstić information content (AvgIpc) is 3.01. The highest BCUT2D eigenvalue weighted by Crippen LogP contribution is 2.29. The van der Waals surface area contributed by atoms with Crippen LogP contribution >= 0.6 is 0 Å². The lowest BCUT2D eigenvalue weighted by Crippen LogP contribution is -2.30. The predicted octanol–water partition coefficient (Wildman–Crippen LogP) is 1.38. The van der Waals surface area contributed by atoms with E-state index >= 15 is 0 Å². The van der Waals surface area contributed by atoms with Crippen molar-refractivity contribution < 1.29 is 4.74 Å². The van der Waals surface area contributed by atoms with Crippen LogP contribution in [-0.2, 0) is 0 Å². The van der Waals surface area contributed by atoms with Crippen molar-refractivity contribution in [1.29, 1.82) is 0 Å². The molecule has 0 saturated heterocycles. The van der Waals surface area contributed by atoms with Crippen molar-refractivity contribution >= 4 is 5.95 Å². The van der Waals surface area contributed by atoms with E-state index in [9.17, 15) is 0 Å². The smallest absolute Gasteiger partial charge is 0.323 e. The van der Waals surface area contributed by atoms with Crippen molar-refractivity contribution in [3.8, 4) is 12.0 Å². The van der Waals surface area contributed by atoms with Crippen LogP contribution in [0.5, 0.6) is 6.01 Å². The Hall–Kier alpha value is -2.25. The van der Waals surface area contributed by atoms with Crippen molar-refractivity contribution in [3.63, 3.8) is 0 Å². The van der Waals surface area contributed by atoms with E-state index in [-0.39, 0.29) is 18.1 Å². The third kappa shape index (κ3) is 3.09. The molecule has 1 aliphatic rings. The first-order valence-corrected chi connectivity index (χ1v) is 7.29. The van der Waals surface area contributed by atoms with E-state index in [1.165, 1.54) is 36.6 Å². The minimum Gasteiger partial charge on any atom is -0.460 e. The Morgan fingerprint density at radius 1 is 1.29 bits per heavy atom. The van der Waals surface area contributed by atoms with Gasteiger partial charge >= 0.3 is 6.01 Å². The van der Waals surface area contributed by atoms with E-state index in [2.05, 4.69) is 32.0 Å². The molecular formula is C13H19N7O. The summed E-state index contributed by atoms with van der Waals surface area (Å²) in [6.45, 7) is 2.19. The summed E-state index contributed by atoms with van der Waals surface area (Å²) in [5.41, 5.74) is 5.73. The van der Waals surface area contributed by atoms with Gasteiger partial charge in [0.2, 0.25) is 5.95 Å². The summed E-state index contributed by atoms with van der Waals surface area (Å²) in [6.07, 6.45) is 8.83.